The van der Waals surface area contributed by atoms with Gasteiger partial charge in [-0.25, -0.2) is 4.98 Å². The number of carbonyl (C=O) groups excluding carboxylic acids is 1. The van der Waals surface area contributed by atoms with E-state index >= 15 is 0 Å². The Kier molecular flexibility index (Phi) is 4.23. The van der Waals surface area contributed by atoms with Gasteiger partial charge in [-0.1, -0.05) is 37.4 Å². The second-order valence-electron chi connectivity index (χ2n) is 5.19. The summed E-state index contributed by atoms with van der Waals surface area (Å²) < 4.78 is 0. The van der Waals surface area contributed by atoms with Crippen LogP contribution < -0.4 is 0 Å². The van der Waals surface area contributed by atoms with Gasteiger partial charge in [0, 0.05) is 13.1 Å². The summed E-state index contributed by atoms with van der Waals surface area (Å²) in [6, 6.07) is 5.50. The number of rotatable bonds is 2. The lowest BCUT2D eigenvalue weighted by molar-refractivity contribution is 0.0666. The third-order valence-corrected chi connectivity index (χ3v) is 3.92. The van der Waals surface area contributed by atoms with E-state index < -0.39 is 0 Å². The molecule has 0 bridgehead atoms. The summed E-state index contributed by atoms with van der Waals surface area (Å²) in [5, 5.41) is 0.367. The van der Waals surface area contributed by atoms with Gasteiger partial charge >= 0.3 is 0 Å². The van der Waals surface area contributed by atoms with E-state index in [9.17, 15) is 4.79 Å². The Morgan fingerprint density at radius 1 is 1.44 bits per heavy atom. The minimum atomic E-state index is -0.0309. The van der Waals surface area contributed by atoms with Crippen molar-refractivity contribution in [3.05, 3.63) is 29.0 Å². The summed E-state index contributed by atoms with van der Waals surface area (Å²) in [6.45, 7) is 2.25. The average Bonchev–Trinajstić information content (AvgIpc) is 2.37. The predicted octanol–water partition coefficient (Wildman–Crippen LogP) is 3.39. The van der Waals surface area contributed by atoms with Crippen LogP contribution in [0.25, 0.3) is 0 Å². The van der Waals surface area contributed by atoms with Crippen molar-refractivity contribution >= 4 is 17.5 Å². The summed E-state index contributed by atoms with van der Waals surface area (Å²) in [6.07, 6.45) is 4.65. The highest BCUT2D eigenvalue weighted by molar-refractivity contribution is 6.29. The highest BCUT2D eigenvalue weighted by Gasteiger charge is 2.26. The third kappa shape index (κ3) is 3.02. The third-order valence-electron chi connectivity index (χ3n) is 3.71. The molecule has 2 unspecified atom stereocenters. The largest absolute Gasteiger partial charge is 0.337 e. The second-order valence-corrected chi connectivity index (χ2v) is 5.57. The lowest BCUT2D eigenvalue weighted by atomic mass is 9.86. The molecule has 1 heterocycles. The summed E-state index contributed by atoms with van der Waals surface area (Å²) >= 11 is 5.82. The number of amides is 1. The lowest BCUT2D eigenvalue weighted by Gasteiger charge is -2.34. The molecule has 1 fully saturated rings. The molecular weight excluding hydrogens is 248 g/mol. The zero-order chi connectivity index (χ0) is 13.1. The normalized spacial score (nSPS) is 23.7. The Hall–Kier alpha value is -1.09. The van der Waals surface area contributed by atoms with E-state index in [2.05, 4.69) is 11.9 Å². The number of aromatic nitrogens is 1. The van der Waals surface area contributed by atoms with Crippen LogP contribution in [0.3, 0.4) is 0 Å². The molecule has 4 heteroatoms. The number of carbonyl (C=O) groups is 1. The molecule has 2 rings (SSSR count). The van der Waals surface area contributed by atoms with E-state index in [1.54, 1.807) is 18.2 Å². The molecule has 1 aromatic heterocycles. The Morgan fingerprint density at radius 3 is 2.89 bits per heavy atom. The van der Waals surface area contributed by atoms with Gasteiger partial charge in [-0.3, -0.25) is 4.79 Å². The van der Waals surface area contributed by atoms with Crippen LogP contribution >= 0.6 is 11.6 Å². The van der Waals surface area contributed by atoms with Gasteiger partial charge in [0.05, 0.1) is 0 Å². The Labute approximate surface area is 113 Å². The van der Waals surface area contributed by atoms with Crippen LogP contribution in [0.5, 0.6) is 0 Å². The maximum absolute atomic E-state index is 12.3. The van der Waals surface area contributed by atoms with Crippen molar-refractivity contribution in [2.45, 2.75) is 38.6 Å². The smallest absolute Gasteiger partial charge is 0.272 e. The summed E-state index contributed by atoms with van der Waals surface area (Å²) in [5.74, 6) is 0.669. The summed E-state index contributed by atoms with van der Waals surface area (Å²) in [4.78, 5) is 18.2. The minimum absolute atomic E-state index is 0.0309. The maximum Gasteiger partial charge on any atom is 0.272 e. The zero-order valence-electron chi connectivity index (χ0n) is 10.9. The highest BCUT2D eigenvalue weighted by Crippen LogP contribution is 2.27. The van der Waals surface area contributed by atoms with E-state index in [-0.39, 0.29) is 5.91 Å². The molecule has 0 radical (unpaired) electrons. The quantitative estimate of drug-likeness (QED) is 0.769. The fraction of sp³-hybridized carbons (Fsp3) is 0.571. The maximum atomic E-state index is 12.3. The van der Waals surface area contributed by atoms with Crippen LogP contribution in [0.4, 0.5) is 0 Å². The van der Waals surface area contributed by atoms with Gasteiger partial charge in [0.2, 0.25) is 0 Å². The Bertz CT molecular complexity index is 436. The van der Waals surface area contributed by atoms with E-state index in [4.69, 9.17) is 11.6 Å². The molecule has 18 heavy (non-hydrogen) atoms. The van der Waals surface area contributed by atoms with Crippen LogP contribution in [-0.4, -0.2) is 28.9 Å². The molecule has 3 nitrogen and oxygen atoms in total. The standard InChI is InChI=1S/C14H19ClN2O/c1-10-5-3-6-11(9-10)17(2)14(18)12-7-4-8-13(15)16-12/h4,7-8,10-11H,3,5-6,9H2,1-2H3. The molecule has 1 amide bonds. The highest BCUT2D eigenvalue weighted by atomic mass is 35.5. The molecule has 0 spiro atoms. The first-order chi connectivity index (χ1) is 8.58. The molecule has 0 N–H and O–H groups in total. The molecule has 0 saturated heterocycles. The molecule has 2 atom stereocenters. The van der Waals surface area contributed by atoms with Gasteiger partial charge in [-0.15, -0.1) is 0 Å². The molecule has 98 valence electrons. The van der Waals surface area contributed by atoms with Gasteiger partial charge in [-0.05, 0) is 30.9 Å². The number of halogens is 1. The van der Waals surface area contributed by atoms with E-state index in [1.165, 1.54) is 12.8 Å². The van der Waals surface area contributed by atoms with E-state index in [0.29, 0.717) is 22.8 Å². The number of hydrogen-bond acceptors (Lipinski definition) is 2. The Morgan fingerprint density at radius 2 is 2.22 bits per heavy atom. The van der Waals surface area contributed by atoms with Crippen LogP contribution in [-0.2, 0) is 0 Å². The lowest BCUT2D eigenvalue weighted by Crippen LogP contribution is -2.40. The van der Waals surface area contributed by atoms with Crippen LogP contribution in [0.2, 0.25) is 5.15 Å². The van der Waals surface area contributed by atoms with Gasteiger partial charge in [0.25, 0.3) is 5.91 Å². The molecule has 1 aromatic rings. The second kappa shape index (κ2) is 5.70. The van der Waals surface area contributed by atoms with Crippen molar-refractivity contribution < 1.29 is 4.79 Å². The topological polar surface area (TPSA) is 33.2 Å². The Balaban J connectivity index is 2.08. The van der Waals surface area contributed by atoms with Gasteiger partial charge in [-0.2, -0.15) is 0 Å². The number of nitrogens with zero attached hydrogens (tertiary/aromatic N) is 2. The fourth-order valence-electron chi connectivity index (χ4n) is 2.63. The van der Waals surface area contributed by atoms with Crippen molar-refractivity contribution in [3.8, 4) is 0 Å². The van der Waals surface area contributed by atoms with E-state index in [0.717, 1.165) is 12.8 Å². The van der Waals surface area contributed by atoms with Crippen LogP contribution in [0.15, 0.2) is 18.2 Å². The summed E-state index contributed by atoms with van der Waals surface area (Å²) in [5.41, 5.74) is 0.434. The van der Waals surface area contributed by atoms with Crippen LogP contribution in [0, 0.1) is 5.92 Å². The van der Waals surface area contributed by atoms with Crippen molar-refractivity contribution in [3.63, 3.8) is 0 Å². The molecule has 0 aliphatic heterocycles. The van der Waals surface area contributed by atoms with Crippen molar-refractivity contribution in [1.82, 2.24) is 9.88 Å². The fourth-order valence-corrected chi connectivity index (χ4v) is 2.79. The zero-order valence-corrected chi connectivity index (χ0v) is 11.7. The van der Waals surface area contributed by atoms with Gasteiger partial charge in [0.15, 0.2) is 0 Å². The monoisotopic (exact) mass is 266 g/mol. The van der Waals surface area contributed by atoms with Crippen molar-refractivity contribution in [2.24, 2.45) is 5.92 Å². The predicted molar refractivity (Wildman–Crippen MR) is 72.8 cm³/mol. The first-order valence-corrected chi connectivity index (χ1v) is 6.85. The molecule has 1 aliphatic rings. The van der Waals surface area contributed by atoms with Gasteiger partial charge < -0.3 is 4.90 Å². The molecule has 1 aliphatic carbocycles. The molecule has 1 saturated carbocycles. The minimum Gasteiger partial charge on any atom is -0.337 e. The van der Waals surface area contributed by atoms with E-state index in [1.807, 2.05) is 11.9 Å². The first kappa shape index (κ1) is 13.3. The SMILES string of the molecule is CC1CCCC(N(C)C(=O)c2cccc(Cl)n2)C1. The number of hydrogen-bond donors (Lipinski definition) is 0. The van der Waals surface area contributed by atoms with Crippen molar-refractivity contribution in [1.29, 1.82) is 0 Å². The average molecular weight is 267 g/mol. The van der Waals surface area contributed by atoms with Crippen LogP contribution in [0.1, 0.15) is 43.1 Å². The van der Waals surface area contributed by atoms with Crippen molar-refractivity contribution in [2.75, 3.05) is 7.05 Å². The first-order valence-electron chi connectivity index (χ1n) is 6.47. The van der Waals surface area contributed by atoms with Gasteiger partial charge in [0.1, 0.15) is 10.8 Å². The molecular formula is C14H19ClN2O. The molecule has 0 aromatic carbocycles. The number of pyridine rings is 1. The summed E-state index contributed by atoms with van der Waals surface area (Å²) in [7, 11) is 1.87.